The number of rotatable bonds is 5. The molecule has 0 saturated heterocycles. The molecular formula is C15H24N2. The molecule has 2 rings (SSSR count). The molecule has 1 aromatic rings. The van der Waals surface area contributed by atoms with Crippen molar-refractivity contribution in [2.24, 2.45) is 0 Å². The molecule has 0 aliphatic carbocycles. The minimum Gasteiger partial charge on any atom is -0.374 e. The van der Waals surface area contributed by atoms with Gasteiger partial charge in [-0.05, 0) is 37.0 Å². The molecule has 1 heterocycles. The largest absolute Gasteiger partial charge is 0.374 e. The van der Waals surface area contributed by atoms with Crippen LogP contribution in [-0.4, -0.2) is 19.6 Å². The van der Waals surface area contributed by atoms with E-state index in [1.807, 2.05) is 0 Å². The maximum atomic E-state index is 3.59. The fourth-order valence-electron chi connectivity index (χ4n) is 2.56. The molecule has 2 nitrogen and oxygen atoms in total. The van der Waals surface area contributed by atoms with Crippen molar-refractivity contribution in [1.82, 2.24) is 5.32 Å². The Bertz CT molecular complexity index is 373. The van der Waals surface area contributed by atoms with E-state index in [9.17, 15) is 0 Å². The molecule has 1 unspecified atom stereocenters. The highest BCUT2D eigenvalue weighted by Gasteiger charge is 2.15. The molecule has 1 aliphatic heterocycles. The molecule has 2 heteroatoms. The molecule has 1 atom stereocenters. The van der Waals surface area contributed by atoms with E-state index in [1.165, 1.54) is 42.6 Å². The predicted molar refractivity (Wildman–Crippen MR) is 74.6 cm³/mol. The average Bonchev–Trinajstić information content (AvgIpc) is 2.69. The van der Waals surface area contributed by atoms with Gasteiger partial charge in [0.05, 0.1) is 0 Å². The van der Waals surface area contributed by atoms with Crippen LogP contribution in [0, 0.1) is 0 Å². The highest BCUT2D eigenvalue weighted by molar-refractivity contribution is 5.58. The van der Waals surface area contributed by atoms with Gasteiger partial charge in [0.2, 0.25) is 0 Å². The van der Waals surface area contributed by atoms with Gasteiger partial charge in [-0.25, -0.2) is 0 Å². The number of likely N-dealkylation sites (N-methyl/N-ethyl adjacent to an activating group) is 1. The first-order valence-corrected chi connectivity index (χ1v) is 6.77. The smallest absolute Gasteiger partial charge is 0.0397 e. The number of anilines is 1. The minimum atomic E-state index is 0.621. The Morgan fingerprint density at radius 1 is 1.41 bits per heavy atom. The zero-order chi connectivity index (χ0) is 12.3. The standard InChI is InChI=1S/C15H24N2/c1-4-5-12(2)16-11-13-6-7-15-14(10-13)8-9-17(15)3/h6-7,10,12,16H,4-5,8-9,11H2,1-3H3. The predicted octanol–water partition coefficient (Wildman–Crippen LogP) is 2.96. The summed E-state index contributed by atoms with van der Waals surface area (Å²) < 4.78 is 0. The number of hydrogen-bond acceptors (Lipinski definition) is 2. The third kappa shape index (κ3) is 3.01. The van der Waals surface area contributed by atoms with Crippen LogP contribution in [-0.2, 0) is 13.0 Å². The Kier molecular flexibility index (Phi) is 4.06. The van der Waals surface area contributed by atoms with Crippen molar-refractivity contribution in [2.75, 3.05) is 18.5 Å². The maximum absolute atomic E-state index is 3.59. The van der Waals surface area contributed by atoms with Gasteiger partial charge in [0.25, 0.3) is 0 Å². The molecule has 1 N–H and O–H groups in total. The summed E-state index contributed by atoms with van der Waals surface area (Å²) in [5.41, 5.74) is 4.34. The number of nitrogens with one attached hydrogen (secondary N) is 1. The molecule has 0 amide bonds. The molecule has 0 radical (unpaired) electrons. The van der Waals surface area contributed by atoms with E-state index in [1.54, 1.807) is 0 Å². The van der Waals surface area contributed by atoms with E-state index in [-0.39, 0.29) is 0 Å². The lowest BCUT2D eigenvalue weighted by Gasteiger charge is -2.14. The second kappa shape index (κ2) is 5.54. The zero-order valence-electron chi connectivity index (χ0n) is 11.3. The van der Waals surface area contributed by atoms with E-state index in [4.69, 9.17) is 0 Å². The van der Waals surface area contributed by atoms with Crippen LogP contribution >= 0.6 is 0 Å². The normalized spacial score (nSPS) is 16.1. The summed E-state index contributed by atoms with van der Waals surface area (Å²) in [6.07, 6.45) is 3.71. The van der Waals surface area contributed by atoms with Gasteiger partial charge in [0.15, 0.2) is 0 Å². The monoisotopic (exact) mass is 232 g/mol. The summed E-state index contributed by atoms with van der Waals surface area (Å²) in [5, 5.41) is 3.59. The molecule has 0 fully saturated rings. The Labute approximate surface area is 105 Å². The van der Waals surface area contributed by atoms with Crippen molar-refractivity contribution in [3.63, 3.8) is 0 Å². The lowest BCUT2D eigenvalue weighted by Crippen LogP contribution is -2.25. The van der Waals surface area contributed by atoms with Crippen LogP contribution < -0.4 is 10.2 Å². The van der Waals surface area contributed by atoms with Crippen LogP contribution in [0.5, 0.6) is 0 Å². The van der Waals surface area contributed by atoms with Crippen LogP contribution in [0.1, 0.15) is 37.8 Å². The fraction of sp³-hybridized carbons (Fsp3) is 0.600. The van der Waals surface area contributed by atoms with Crippen LogP contribution in [0.2, 0.25) is 0 Å². The highest BCUT2D eigenvalue weighted by atomic mass is 15.1. The van der Waals surface area contributed by atoms with Gasteiger partial charge in [-0.3, -0.25) is 0 Å². The third-order valence-electron chi connectivity index (χ3n) is 3.65. The van der Waals surface area contributed by atoms with Crippen molar-refractivity contribution in [2.45, 2.75) is 45.7 Å². The van der Waals surface area contributed by atoms with Crippen molar-refractivity contribution >= 4 is 5.69 Å². The SMILES string of the molecule is CCCC(C)NCc1ccc2c(c1)CCN2C. The van der Waals surface area contributed by atoms with Crippen molar-refractivity contribution < 1.29 is 0 Å². The summed E-state index contributed by atoms with van der Waals surface area (Å²) in [7, 11) is 2.17. The van der Waals surface area contributed by atoms with Crippen LogP contribution in [0.4, 0.5) is 5.69 Å². The number of hydrogen-bond donors (Lipinski definition) is 1. The van der Waals surface area contributed by atoms with E-state index in [0.29, 0.717) is 6.04 Å². The Morgan fingerprint density at radius 2 is 2.24 bits per heavy atom. The van der Waals surface area contributed by atoms with Gasteiger partial charge in [-0.1, -0.05) is 25.5 Å². The van der Waals surface area contributed by atoms with Crippen molar-refractivity contribution in [3.05, 3.63) is 29.3 Å². The Balaban J connectivity index is 1.94. The maximum Gasteiger partial charge on any atom is 0.0397 e. The first-order valence-electron chi connectivity index (χ1n) is 6.77. The molecule has 1 aliphatic rings. The second-order valence-electron chi connectivity index (χ2n) is 5.21. The average molecular weight is 232 g/mol. The topological polar surface area (TPSA) is 15.3 Å². The Morgan fingerprint density at radius 3 is 3.00 bits per heavy atom. The van der Waals surface area contributed by atoms with Gasteiger partial charge >= 0.3 is 0 Å². The lowest BCUT2D eigenvalue weighted by molar-refractivity contribution is 0.508. The number of fused-ring (bicyclic) bond motifs is 1. The van der Waals surface area contributed by atoms with E-state index in [0.717, 1.165) is 6.54 Å². The van der Waals surface area contributed by atoms with Crippen molar-refractivity contribution in [1.29, 1.82) is 0 Å². The molecule has 0 spiro atoms. The first kappa shape index (κ1) is 12.4. The molecular weight excluding hydrogens is 208 g/mol. The minimum absolute atomic E-state index is 0.621. The van der Waals surface area contributed by atoms with Gasteiger partial charge < -0.3 is 10.2 Å². The first-order chi connectivity index (χ1) is 8.20. The van der Waals surface area contributed by atoms with Gasteiger partial charge in [-0.15, -0.1) is 0 Å². The molecule has 0 bridgehead atoms. The van der Waals surface area contributed by atoms with Gasteiger partial charge in [0, 0.05) is 31.9 Å². The number of benzene rings is 1. The van der Waals surface area contributed by atoms with E-state index in [2.05, 4.69) is 49.3 Å². The molecule has 0 saturated carbocycles. The van der Waals surface area contributed by atoms with Gasteiger partial charge in [-0.2, -0.15) is 0 Å². The van der Waals surface area contributed by atoms with Gasteiger partial charge in [0.1, 0.15) is 0 Å². The quantitative estimate of drug-likeness (QED) is 0.839. The third-order valence-corrected chi connectivity index (χ3v) is 3.65. The lowest BCUT2D eigenvalue weighted by atomic mass is 10.1. The highest BCUT2D eigenvalue weighted by Crippen LogP contribution is 2.27. The van der Waals surface area contributed by atoms with Crippen LogP contribution in [0.3, 0.4) is 0 Å². The van der Waals surface area contributed by atoms with Crippen LogP contribution in [0.25, 0.3) is 0 Å². The molecule has 94 valence electrons. The summed E-state index contributed by atoms with van der Waals surface area (Å²) in [6, 6.07) is 7.51. The fourth-order valence-corrected chi connectivity index (χ4v) is 2.56. The number of nitrogens with zero attached hydrogens (tertiary/aromatic N) is 1. The molecule has 17 heavy (non-hydrogen) atoms. The summed E-state index contributed by atoms with van der Waals surface area (Å²) in [5.74, 6) is 0. The van der Waals surface area contributed by atoms with E-state index < -0.39 is 0 Å². The van der Waals surface area contributed by atoms with Crippen LogP contribution in [0.15, 0.2) is 18.2 Å². The zero-order valence-corrected chi connectivity index (χ0v) is 11.3. The summed E-state index contributed by atoms with van der Waals surface area (Å²) in [4.78, 5) is 2.34. The second-order valence-corrected chi connectivity index (χ2v) is 5.21. The molecule has 1 aromatic carbocycles. The summed E-state index contributed by atoms with van der Waals surface area (Å²) >= 11 is 0. The molecule has 0 aromatic heterocycles. The Hall–Kier alpha value is -1.02. The van der Waals surface area contributed by atoms with Crippen molar-refractivity contribution in [3.8, 4) is 0 Å². The summed E-state index contributed by atoms with van der Waals surface area (Å²) in [6.45, 7) is 6.67. The van der Waals surface area contributed by atoms with E-state index >= 15 is 0 Å².